The molecule has 0 radical (unpaired) electrons. The van der Waals surface area contributed by atoms with E-state index in [-0.39, 0.29) is 5.41 Å². The number of benzene rings is 9. The van der Waals surface area contributed by atoms with Crippen LogP contribution >= 0.6 is 0 Å². The van der Waals surface area contributed by atoms with Crippen LogP contribution < -0.4 is 0 Å². The van der Waals surface area contributed by atoms with Gasteiger partial charge in [-0.05, 0) is 147 Å². The Hall–Kier alpha value is -6.90. The van der Waals surface area contributed by atoms with E-state index in [1.54, 1.807) is 11.1 Å². The number of fused-ring (bicyclic) bond motifs is 12. The summed E-state index contributed by atoms with van der Waals surface area (Å²) in [4.78, 5) is 0. The number of hydrogen-bond acceptors (Lipinski definition) is 0. The van der Waals surface area contributed by atoms with Crippen molar-refractivity contribution in [2.75, 3.05) is 0 Å². The third-order valence-electron chi connectivity index (χ3n) is 16.2. The van der Waals surface area contributed by atoms with E-state index in [4.69, 9.17) is 0 Å². The van der Waals surface area contributed by atoms with Gasteiger partial charge in [0, 0.05) is 43.7 Å². The summed E-state index contributed by atoms with van der Waals surface area (Å²) in [6.45, 7) is 0. The van der Waals surface area contributed by atoms with Crippen LogP contribution in [0.4, 0.5) is 0 Å². The van der Waals surface area contributed by atoms with Gasteiger partial charge in [-0.1, -0.05) is 133 Å². The fourth-order valence-electron chi connectivity index (χ4n) is 14.1. The maximum absolute atomic E-state index is 2.65. The monoisotopic (exact) mass is 778 g/mol. The minimum atomic E-state index is 0.134. The van der Waals surface area contributed by atoms with Gasteiger partial charge in [0.1, 0.15) is 0 Å². The Morgan fingerprint density at radius 1 is 0.393 bits per heavy atom. The highest BCUT2D eigenvalue weighted by Gasteiger charge is 2.66. The summed E-state index contributed by atoms with van der Waals surface area (Å²) in [5.41, 5.74) is 16.3. The van der Waals surface area contributed by atoms with Gasteiger partial charge < -0.3 is 9.13 Å². The normalized spacial score (nSPS) is 22.2. The quantitative estimate of drug-likeness (QED) is 0.169. The summed E-state index contributed by atoms with van der Waals surface area (Å²) >= 11 is 0. The summed E-state index contributed by atoms with van der Waals surface area (Å²) in [5, 5.41) is 10.2. The molecule has 288 valence electrons. The van der Waals surface area contributed by atoms with E-state index in [0.717, 1.165) is 23.7 Å². The maximum Gasteiger partial charge on any atom is 0.0619 e. The van der Waals surface area contributed by atoms with Crippen LogP contribution in [0.1, 0.15) is 36.8 Å². The highest BCUT2D eigenvalue weighted by Crippen LogP contribution is 2.73. The van der Waals surface area contributed by atoms with Crippen LogP contribution in [0.2, 0.25) is 0 Å². The molecule has 2 nitrogen and oxygen atoms in total. The van der Waals surface area contributed by atoms with Crippen molar-refractivity contribution in [3.05, 3.63) is 193 Å². The van der Waals surface area contributed by atoms with Crippen molar-refractivity contribution in [1.29, 1.82) is 0 Å². The molecule has 2 aromatic heterocycles. The third-order valence-corrected chi connectivity index (χ3v) is 16.2. The molecule has 0 aliphatic heterocycles. The lowest BCUT2D eigenvalue weighted by atomic mass is 9.59. The maximum atomic E-state index is 2.65. The van der Waals surface area contributed by atoms with Crippen LogP contribution in [-0.4, -0.2) is 9.13 Å². The van der Waals surface area contributed by atoms with Gasteiger partial charge in [-0.15, -0.1) is 0 Å². The average Bonchev–Trinajstić information content (AvgIpc) is 4.06. The van der Waals surface area contributed by atoms with Crippen LogP contribution in [0.3, 0.4) is 0 Å². The third kappa shape index (κ3) is 4.18. The molecule has 9 aromatic carbocycles. The molecule has 0 saturated heterocycles. The van der Waals surface area contributed by atoms with E-state index in [1.165, 1.54) is 124 Å². The smallest absolute Gasteiger partial charge is 0.0619 e. The predicted octanol–water partition coefficient (Wildman–Crippen LogP) is 15.2. The molecule has 0 amide bonds. The van der Waals surface area contributed by atoms with Crippen molar-refractivity contribution >= 4 is 65.2 Å². The van der Waals surface area contributed by atoms with Crippen molar-refractivity contribution in [3.8, 4) is 33.6 Å². The summed E-state index contributed by atoms with van der Waals surface area (Å²) in [5.74, 6) is 3.28. The molecule has 2 heteroatoms. The molecule has 4 fully saturated rings. The largest absolute Gasteiger partial charge is 0.309 e. The molecule has 5 aliphatic carbocycles. The standard InChI is InChI=1S/C59H42N2/c1-2-10-36(11-3-1)39-19-18-37-20-22-43(31-40(37)29-39)61-57-34-56-50(33-51(57)49-24-21-38-12-4-5-13-45(38)58(49)61)48-15-7-9-17-55(48)60(56)44-23-25-47-46-14-6-8-16-52(46)59(54(47)32-44)42-27-35-26-41(30-42)53(59)28-35/h1-25,29,31-35,41-42,53H,26-28,30H2. The summed E-state index contributed by atoms with van der Waals surface area (Å²) in [6, 6.07) is 69.4. The molecule has 0 N–H and O–H groups in total. The minimum Gasteiger partial charge on any atom is -0.309 e. The molecule has 11 aromatic rings. The number of hydrogen-bond donors (Lipinski definition) is 0. The zero-order chi connectivity index (χ0) is 39.6. The number of para-hydroxylation sites is 1. The molecule has 5 unspecified atom stereocenters. The molecule has 1 spiro atoms. The Balaban J connectivity index is 1.01. The van der Waals surface area contributed by atoms with Crippen LogP contribution in [0.15, 0.2) is 182 Å². The molecule has 2 heterocycles. The van der Waals surface area contributed by atoms with Gasteiger partial charge in [0.05, 0.1) is 22.1 Å². The molecular formula is C59H42N2. The first kappa shape index (κ1) is 32.9. The summed E-state index contributed by atoms with van der Waals surface area (Å²) < 4.78 is 5.15. The topological polar surface area (TPSA) is 9.86 Å². The fourth-order valence-corrected chi connectivity index (χ4v) is 14.1. The van der Waals surface area contributed by atoms with E-state index < -0.39 is 0 Å². The zero-order valence-corrected chi connectivity index (χ0v) is 33.9. The first-order valence-corrected chi connectivity index (χ1v) is 22.4. The number of rotatable bonds is 3. The van der Waals surface area contributed by atoms with Crippen LogP contribution in [0, 0.1) is 23.7 Å². The van der Waals surface area contributed by atoms with E-state index in [0.29, 0.717) is 0 Å². The lowest BCUT2D eigenvalue weighted by Crippen LogP contribution is -2.40. The molecule has 4 bridgehead atoms. The van der Waals surface area contributed by atoms with Gasteiger partial charge in [0.2, 0.25) is 0 Å². The van der Waals surface area contributed by atoms with E-state index in [2.05, 4.69) is 191 Å². The highest BCUT2D eigenvalue weighted by molar-refractivity contribution is 6.23. The Labute approximate surface area is 354 Å². The second-order valence-corrected chi connectivity index (χ2v) is 18.9. The van der Waals surface area contributed by atoms with Gasteiger partial charge in [-0.3, -0.25) is 0 Å². The van der Waals surface area contributed by atoms with Crippen molar-refractivity contribution in [3.63, 3.8) is 0 Å². The Morgan fingerprint density at radius 2 is 1.13 bits per heavy atom. The van der Waals surface area contributed by atoms with E-state index in [1.807, 2.05) is 0 Å². The van der Waals surface area contributed by atoms with Gasteiger partial charge in [0.15, 0.2) is 0 Å². The average molecular weight is 779 g/mol. The molecule has 5 atom stereocenters. The van der Waals surface area contributed by atoms with Crippen LogP contribution in [0.25, 0.3) is 98.8 Å². The Morgan fingerprint density at radius 3 is 2.07 bits per heavy atom. The lowest BCUT2D eigenvalue weighted by Gasteiger charge is -2.44. The second kappa shape index (κ2) is 11.7. The van der Waals surface area contributed by atoms with Gasteiger partial charge in [0.25, 0.3) is 0 Å². The molecular weight excluding hydrogens is 737 g/mol. The number of nitrogens with zero attached hydrogens (tertiary/aromatic N) is 2. The first-order valence-electron chi connectivity index (χ1n) is 22.4. The van der Waals surface area contributed by atoms with Crippen molar-refractivity contribution in [1.82, 2.24) is 9.13 Å². The molecule has 5 aliphatic rings. The highest BCUT2D eigenvalue weighted by atomic mass is 15.0. The molecule has 4 saturated carbocycles. The molecule has 16 rings (SSSR count). The van der Waals surface area contributed by atoms with Gasteiger partial charge in [-0.2, -0.15) is 0 Å². The Kier molecular flexibility index (Phi) is 6.30. The first-order chi connectivity index (χ1) is 30.2. The second-order valence-electron chi connectivity index (χ2n) is 18.9. The lowest BCUT2D eigenvalue weighted by molar-refractivity contribution is 0.191. The van der Waals surface area contributed by atoms with Crippen LogP contribution in [0.5, 0.6) is 0 Å². The van der Waals surface area contributed by atoms with Crippen LogP contribution in [-0.2, 0) is 5.41 Å². The predicted molar refractivity (Wildman–Crippen MR) is 254 cm³/mol. The van der Waals surface area contributed by atoms with Gasteiger partial charge in [-0.25, -0.2) is 0 Å². The summed E-state index contributed by atoms with van der Waals surface area (Å²) in [7, 11) is 0. The van der Waals surface area contributed by atoms with E-state index >= 15 is 0 Å². The number of aromatic nitrogens is 2. The molecule has 61 heavy (non-hydrogen) atoms. The SMILES string of the molecule is c1ccc(-c2ccc3ccc(-n4c5cc6c(cc5c5ccc7ccccc7c54)c4ccccc4n6-c4ccc5c(c4)C4(c6ccccc6-5)C5CC6CC(C5)C4C6)cc3c2)cc1. The summed E-state index contributed by atoms with van der Waals surface area (Å²) in [6.07, 6.45) is 5.62. The Bertz CT molecular complexity index is 3690. The van der Waals surface area contributed by atoms with Gasteiger partial charge >= 0.3 is 0 Å². The van der Waals surface area contributed by atoms with Crippen molar-refractivity contribution in [2.24, 2.45) is 23.7 Å². The zero-order valence-electron chi connectivity index (χ0n) is 33.9. The van der Waals surface area contributed by atoms with Crippen molar-refractivity contribution < 1.29 is 0 Å². The minimum absolute atomic E-state index is 0.134. The van der Waals surface area contributed by atoms with E-state index in [9.17, 15) is 0 Å². The van der Waals surface area contributed by atoms with Crippen molar-refractivity contribution in [2.45, 2.75) is 31.1 Å². The fraction of sp³-hybridized carbons (Fsp3) is 0.153.